The number of halogens is 2. The zero-order valence-corrected chi connectivity index (χ0v) is 13.5. The molecule has 1 rings (SSSR count). The van der Waals surface area contributed by atoms with Gasteiger partial charge >= 0.3 is 0 Å². The van der Waals surface area contributed by atoms with Gasteiger partial charge < -0.3 is 0 Å². The average Bonchev–Trinajstić information content (AvgIpc) is 2.88. The summed E-state index contributed by atoms with van der Waals surface area (Å²) in [6.07, 6.45) is 15.3. The van der Waals surface area contributed by atoms with E-state index in [9.17, 15) is 3.89 Å². The molecule has 0 spiro atoms. The fraction of sp³-hybridized carbons (Fsp3) is 0.625. The van der Waals surface area contributed by atoms with Crippen LogP contribution in [0.5, 0.6) is 0 Å². The summed E-state index contributed by atoms with van der Waals surface area (Å²) < 4.78 is 12.6. The van der Waals surface area contributed by atoms with E-state index in [-0.39, 0.29) is 12.1 Å². The molecule has 1 fully saturated rings. The predicted octanol–water partition coefficient (Wildman–Crippen LogP) is 6.94. The maximum atomic E-state index is 12.6. The van der Waals surface area contributed by atoms with Crippen molar-refractivity contribution >= 4 is 23.7 Å². The van der Waals surface area contributed by atoms with Crippen molar-refractivity contribution in [1.82, 2.24) is 0 Å². The van der Waals surface area contributed by atoms with Gasteiger partial charge in [-0.05, 0) is 57.9 Å². The van der Waals surface area contributed by atoms with E-state index in [0.717, 1.165) is 25.2 Å². The lowest BCUT2D eigenvalue weighted by Crippen LogP contribution is -1.85. The SMILES string of the molecule is C/C(Cl)=C(\C=C(/C)CCC/C=C/C1CCCC1)SF. The van der Waals surface area contributed by atoms with E-state index in [1.807, 2.05) is 13.0 Å². The molecule has 3 heteroatoms. The molecular formula is C16H24ClFS. The molecule has 0 bridgehead atoms. The van der Waals surface area contributed by atoms with E-state index in [1.165, 1.54) is 31.3 Å². The fourth-order valence-electron chi connectivity index (χ4n) is 2.41. The Morgan fingerprint density at radius 3 is 2.58 bits per heavy atom. The first kappa shape index (κ1) is 16.8. The van der Waals surface area contributed by atoms with E-state index in [2.05, 4.69) is 12.2 Å². The van der Waals surface area contributed by atoms with Gasteiger partial charge in [0.05, 0.1) is 17.1 Å². The summed E-state index contributed by atoms with van der Waals surface area (Å²) in [6, 6.07) is 0. The van der Waals surface area contributed by atoms with Crippen molar-refractivity contribution in [3.63, 3.8) is 0 Å². The van der Waals surface area contributed by atoms with Crippen LogP contribution in [0.25, 0.3) is 0 Å². The van der Waals surface area contributed by atoms with Gasteiger partial charge in [-0.2, -0.15) is 3.89 Å². The lowest BCUT2D eigenvalue weighted by atomic mass is 10.1. The largest absolute Gasteiger partial charge is 0.160 e. The van der Waals surface area contributed by atoms with Gasteiger partial charge in [0.25, 0.3) is 0 Å². The Kier molecular flexibility index (Phi) is 8.56. The molecule has 0 aromatic heterocycles. The fourth-order valence-corrected chi connectivity index (χ4v) is 2.90. The van der Waals surface area contributed by atoms with Crippen molar-refractivity contribution in [2.24, 2.45) is 5.92 Å². The molecule has 1 aliphatic carbocycles. The minimum Gasteiger partial charge on any atom is -0.160 e. The third-order valence-corrected chi connectivity index (χ3v) is 4.46. The van der Waals surface area contributed by atoms with Crippen molar-refractivity contribution in [3.05, 3.63) is 33.7 Å². The van der Waals surface area contributed by atoms with Crippen LogP contribution in [0.3, 0.4) is 0 Å². The van der Waals surface area contributed by atoms with Crippen LogP contribution in [0, 0.1) is 5.92 Å². The molecule has 0 atom stereocenters. The van der Waals surface area contributed by atoms with Crippen LogP contribution in [-0.4, -0.2) is 0 Å². The van der Waals surface area contributed by atoms with E-state index in [0.29, 0.717) is 9.94 Å². The Morgan fingerprint density at radius 1 is 1.32 bits per heavy atom. The smallest absolute Gasteiger partial charge is 0.0824 e. The third-order valence-electron chi connectivity index (χ3n) is 3.55. The van der Waals surface area contributed by atoms with Gasteiger partial charge in [-0.15, -0.1) is 0 Å². The molecule has 0 unspecified atom stereocenters. The van der Waals surface area contributed by atoms with Gasteiger partial charge in [-0.25, -0.2) is 0 Å². The van der Waals surface area contributed by atoms with E-state index >= 15 is 0 Å². The van der Waals surface area contributed by atoms with Crippen molar-refractivity contribution in [3.8, 4) is 0 Å². The molecule has 0 heterocycles. The quantitative estimate of drug-likeness (QED) is 0.279. The lowest BCUT2D eigenvalue weighted by Gasteiger charge is -2.02. The average molecular weight is 303 g/mol. The molecule has 0 aliphatic heterocycles. The number of rotatable bonds is 7. The molecule has 1 aliphatic rings. The van der Waals surface area contributed by atoms with Crippen molar-refractivity contribution in [2.45, 2.75) is 58.8 Å². The first-order valence-electron chi connectivity index (χ1n) is 7.12. The molecule has 0 aromatic rings. The van der Waals surface area contributed by atoms with Crippen LogP contribution in [0.1, 0.15) is 58.8 Å². The Bertz CT molecular complexity index is 348. The first-order valence-corrected chi connectivity index (χ1v) is 8.21. The van der Waals surface area contributed by atoms with E-state index < -0.39 is 0 Å². The minimum absolute atomic E-state index is 0.224. The number of allylic oxidation sites excluding steroid dienone is 5. The van der Waals surface area contributed by atoms with Gasteiger partial charge in [-0.3, -0.25) is 0 Å². The number of hydrogen-bond acceptors (Lipinski definition) is 1. The maximum absolute atomic E-state index is 12.6. The first-order chi connectivity index (χ1) is 9.13. The number of unbranched alkanes of at least 4 members (excludes halogenated alkanes) is 1. The Hall–Kier alpha value is -0.210. The highest BCUT2D eigenvalue weighted by Gasteiger charge is 2.10. The van der Waals surface area contributed by atoms with E-state index in [1.54, 1.807) is 6.92 Å². The highest BCUT2D eigenvalue weighted by Crippen LogP contribution is 2.27. The van der Waals surface area contributed by atoms with Crippen molar-refractivity contribution in [2.75, 3.05) is 0 Å². The maximum Gasteiger partial charge on any atom is 0.0824 e. The highest BCUT2D eigenvalue weighted by atomic mass is 35.5. The molecule has 19 heavy (non-hydrogen) atoms. The Balaban J connectivity index is 2.24. The van der Waals surface area contributed by atoms with Crippen LogP contribution >= 0.6 is 23.7 Å². The van der Waals surface area contributed by atoms with Crippen LogP contribution in [0.2, 0.25) is 0 Å². The third kappa shape index (κ3) is 7.22. The highest BCUT2D eigenvalue weighted by molar-refractivity contribution is 7.98. The Labute approximate surface area is 126 Å². The summed E-state index contributed by atoms with van der Waals surface area (Å²) in [4.78, 5) is 0.528. The zero-order chi connectivity index (χ0) is 14.1. The standard InChI is InChI=1S/C16H24ClFS/c1-13(12-16(19-18)14(2)17)8-4-3-5-9-15-10-6-7-11-15/h5,9,12,15H,3-4,6-8,10-11H2,1-2H3/b9-5+,13-12+,16-14-. The molecule has 0 radical (unpaired) electrons. The molecule has 0 saturated heterocycles. The molecule has 0 N–H and O–H groups in total. The molecule has 0 amide bonds. The summed E-state index contributed by atoms with van der Waals surface area (Å²) in [7, 11) is 0. The van der Waals surface area contributed by atoms with Gasteiger partial charge in [0.2, 0.25) is 0 Å². The second kappa shape index (κ2) is 9.66. The van der Waals surface area contributed by atoms with Gasteiger partial charge in [0.1, 0.15) is 0 Å². The monoisotopic (exact) mass is 302 g/mol. The zero-order valence-electron chi connectivity index (χ0n) is 11.9. The lowest BCUT2D eigenvalue weighted by molar-refractivity contribution is 0.680. The van der Waals surface area contributed by atoms with Crippen molar-refractivity contribution in [1.29, 1.82) is 0 Å². The second-order valence-corrected chi connectivity index (χ2v) is 6.49. The predicted molar refractivity (Wildman–Crippen MR) is 86.0 cm³/mol. The molecule has 1 saturated carbocycles. The van der Waals surface area contributed by atoms with Crippen LogP contribution in [-0.2, 0) is 0 Å². The topological polar surface area (TPSA) is 0 Å². The number of hydrogen-bond donors (Lipinski definition) is 0. The summed E-state index contributed by atoms with van der Waals surface area (Å²) >= 11 is 6.03. The summed E-state index contributed by atoms with van der Waals surface area (Å²) in [5.41, 5.74) is 1.19. The van der Waals surface area contributed by atoms with Crippen LogP contribution in [0.15, 0.2) is 33.7 Å². The summed E-state index contributed by atoms with van der Waals surface area (Å²) in [6.45, 7) is 3.76. The summed E-state index contributed by atoms with van der Waals surface area (Å²) in [5.74, 6) is 0.827. The Morgan fingerprint density at radius 2 is 2.00 bits per heavy atom. The van der Waals surface area contributed by atoms with Crippen molar-refractivity contribution < 1.29 is 3.89 Å². The van der Waals surface area contributed by atoms with Gasteiger partial charge in [-0.1, -0.05) is 42.2 Å². The molecule has 0 aromatic carbocycles. The minimum atomic E-state index is 0.224. The molecule has 108 valence electrons. The van der Waals surface area contributed by atoms with E-state index in [4.69, 9.17) is 11.6 Å². The van der Waals surface area contributed by atoms with Crippen LogP contribution in [0.4, 0.5) is 3.89 Å². The summed E-state index contributed by atoms with van der Waals surface area (Å²) in [5, 5.41) is 0.521. The molecule has 0 nitrogen and oxygen atoms in total. The van der Waals surface area contributed by atoms with Crippen LogP contribution < -0.4 is 0 Å². The molecular weight excluding hydrogens is 279 g/mol. The normalized spacial score (nSPS) is 19.3. The van der Waals surface area contributed by atoms with Gasteiger partial charge in [0.15, 0.2) is 0 Å². The van der Waals surface area contributed by atoms with Gasteiger partial charge in [0, 0.05) is 5.03 Å². The second-order valence-electron chi connectivity index (χ2n) is 5.33.